The quantitative estimate of drug-likeness (QED) is 0.833. The van der Waals surface area contributed by atoms with Crippen molar-refractivity contribution in [3.63, 3.8) is 0 Å². The number of aryl methyl sites for hydroxylation is 1. The van der Waals surface area contributed by atoms with Crippen LogP contribution in [0.15, 0.2) is 17.3 Å². The summed E-state index contributed by atoms with van der Waals surface area (Å²) in [4.78, 5) is 32.4. The number of rotatable bonds is 4. The van der Waals surface area contributed by atoms with E-state index in [1.54, 1.807) is 24.0 Å². The fourth-order valence-corrected chi connectivity index (χ4v) is 4.06. The first-order chi connectivity index (χ1) is 11.5. The van der Waals surface area contributed by atoms with E-state index in [-0.39, 0.29) is 11.5 Å². The fourth-order valence-electron chi connectivity index (χ4n) is 4.06. The van der Waals surface area contributed by atoms with Crippen LogP contribution in [-0.2, 0) is 11.3 Å². The van der Waals surface area contributed by atoms with Gasteiger partial charge in [-0.25, -0.2) is 4.98 Å². The lowest BCUT2D eigenvalue weighted by Crippen LogP contribution is -2.45. The van der Waals surface area contributed by atoms with Crippen LogP contribution in [0, 0.1) is 12.8 Å². The number of hydrogen-bond acceptors (Lipinski definition) is 4. The molecular formula is C18H28N4O2. The molecule has 1 unspecified atom stereocenters. The number of carbonyl (C=O) groups is 1. The van der Waals surface area contributed by atoms with Gasteiger partial charge in [0.1, 0.15) is 0 Å². The molecule has 6 nitrogen and oxygen atoms in total. The molecule has 1 atom stereocenters. The number of carbonyl (C=O) groups excluding carboxylic acids is 1. The van der Waals surface area contributed by atoms with Crippen LogP contribution in [0.1, 0.15) is 38.2 Å². The maximum absolute atomic E-state index is 12.1. The van der Waals surface area contributed by atoms with Crippen molar-refractivity contribution in [2.24, 2.45) is 5.92 Å². The molecule has 1 aromatic rings. The highest BCUT2D eigenvalue weighted by Gasteiger charge is 2.29. The van der Waals surface area contributed by atoms with Crippen molar-refractivity contribution in [3.8, 4) is 0 Å². The zero-order chi connectivity index (χ0) is 17.1. The van der Waals surface area contributed by atoms with Gasteiger partial charge in [-0.15, -0.1) is 0 Å². The number of piperidine rings is 1. The molecule has 6 heteroatoms. The molecular weight excluding hydrogens is 304 g/mol. The second-order valence-corrected chi connectivity index (χ2v) is 7.29. The van der Waals surface area contributed by atoms with E-state index in [2.05, 4.69) is 9.88 Å². The van der Waals surface area contributed by atoms with Crippen molar-refractivity contribution in [1.82, 2.24) is 19.4 Å². The highest BCUT2D eigenvalue weighted by atomic mass is 16.2. The van der Waals surface area contributed by atoms with Gasteiger partial charge in [0.15, 0.2) is 0 Å². The van der Waals surface area contributed by atoms with Gasteiger partial charge in [-0.05, 0) is 51.6 Å². The first kappa shape index (κ1) is 17.1. The molecule has 3 heterocycles. The minimum Gasteiger partial charge on any atom is -0.339 e. The lowest BCUT2D eigenvalue weighted by molar-refractivity contribution is -0.130. The summed E-state index contributed by atoms with van der Waals surface area (Å²) in [5.41, 5.74) is 0.788. The fraction of sp³-hybridized carbons (Fsp3) is 0.722. The molecule has 0 radical (unpaired) electrons. The third kappa shape index (κ3) is 3.86. The van der Waals surface area contributed by atoms with Gasteiger partial charge in [0.25, 0.3) is 5.56 Å². The lowest BCUT2D eigenvalue weighted by Gasteiger charge is -2.35. The van der Waals surface area contributed by atoms with Crippen molar-refractivity contribution in [2.75, 3.05) is 26.2 Å². The Morgan fingerprint density at radius 1 is 1.21 bits per heavy atom. The minimum atomic E-state index is 0.0792. The number of hydrogen-bond donors (Lipinski definition) is 0. The first-order valence-electron chi connectivity index (χ1n) is 9.05. The minimum absolute atomic E-state index is 0.0792. The van der Waals surface area contributed by atoms with E-state index in [1.165, 1.54) is 0 Å². The summed E-state index contributed by atoms with van der Waals surface area (Å²) in [5, 5.41) is 0. The molecule has 3 rings (SSSR count). The molecule has 24 heavy (non-hydrogen) atoms. The predicted molar refractivity (Wildman–Crippen MR) is 92.8 cm³/mol. The molecule has 0 N–H and O–H groups in total. The molecule has 2 saturated heterocycles. The highest BCUT2D eigenvalue weighted by Crippen LogP contribution is 2.23. The molecule has 132 valence electrons. The van der Waals surface area contributed by atoms with Gasteiger partial charge in [-0.1, -0.05) is 0 Å². The molecule has 1 aromatic heterocycles. The number of likely N-dealkylation sites (tertiary alicyclic amines) is 2. The second kappa shape index (κ2) is 7.47. The third-order valence-electron chi connectivity index (χ3n) is 5.49. The summed E-state index contributed by atoms with van der Waals surface area (Å²) in [6.45, 7) is 8.29. The largest absolute Gasteiger partial charge is 0.339 e. The summed E-state index contributed by atoms with van der Waals surface area (Å²) >= 11 is 0. The summed E-state index contributed by atoms with van der Waals surface area (Å²) in [7, 11) is 0. The Bertz CT molecular complexity index is 634. The Morgan fingerprint density at radius 3 is 2.67 bits per heavy atom. The van der Waals surface area contributed by atoms with Crippen LogP contribution in [0.5, 0.6) is 0 Å². The van der Waals surface area contributed by atoms with Crippen molar-refractivity contribution in [2.45, 2.75) is 52.1 Å². The molecule has 0 aromatic carbocycles. The van der Waals surface area contributed by atoms with Gasteiger partial charge in [0.2, 0.25) is 5.91 Å². The van der Waals surface area contributed by atoms with Crippen LogP contribution in [0.2, 0.25) is 0 Å². The van der Waals surface area contributed by atoms with Gasteiger partial charge in [0, 0.05) is 44.4 Å². The topological polar surface area (TPSA) is 58.4 Å². The maximum atomic E-state index is 12.1. The molecule has 0 bridgehead atoms. The second-order valence-electron chi connectivity index (χ2n) is 7.29. The molecule has 2 aliphatic rings. The van der Waals surface area contributed by atoms with Crippen LogP contribution in [0.3, 0.4) is 0 Å². The highest BCUT2D eigenvalue weighted by molar-refractivity contribution is 5.73. The Kier molecular flexibility index (Phi) is 5.33. The number of nitrogens with zero attached hydrogens (tertiary/aromatic N) is 4. The Morgan fingerprint density at radius 2 is 1.96 bits per heavy atom. The van der Waals surface area contributed by atoms with E-state index in [9.17, 15) is 9.59 Å². The van der Waals surface area contributed by atoms with E-state index >= 15 is 0 Å². The number of amides is 1. The van der Waals surface area contributed by atoms with Gasteiger partial charge in [-0.2, -0.15) is 0 Å². The molecule has 2 fully saturated rings. The smallest absolute Gasteiger partial charge is 0.256 e. The first-order valence-corrected chi connectivity index (χ1v) is 9.05. The van der Waals surface area contributed by atoms with Crippen LogP contribution < -0.4 is 5.56 Å². The normalized spacial score (nSPS) is 22.9. The Labute approximate surface area is 143 Å². The molecule has 0 spiro atoms. The number of aromatic nitrogens is 2. The third-order valence-corrected chi connectivity index (χ3v) is 5.49. The van der Waals surface area contributed by atoms with E-state index in [1.807, 2.05) is 11.8 Å². The Hall–Kier alpha value is -1.69. The summed E-state index contributed by atoms with van der Waals surface area (Å²) < 4.78 is 1.75. The zero-order valence-electron chi connectivity index (χ0n) is 14.8. The van der Waals surface area contributed by atoms with Gasteiger partial charge in [-0.3, -0.25) is 14.2 Å². The van der Waals surface area contributed by atoms with Crippen LogP contribution in [0.25, 0.3) is 0 Å². The standard InChI is InChI=1S/C18H28N4O2/c1-14-10-19-13-21(18(14)24)11-16-5-8-20(9-6-16)12-17-4-3-7-22(17)15(2)23/h10,13,16-17H,3-9,11-12H2,1-2H3. The van der Waals surface area contributed by atoms with Gasteiger partial charge < -0.3 is 9.80 Å². The average Bonchev–Trinajstić information content (AvgIpc) is 3.02. The van der Waals surface area contributed by atoms with Crippen molar-refractivity contribution >= 4 is 5.91 Å². The monoisotopic (exact) mass is 332 g/mol. The lowest BCUT2D eigenvalue weighted by atomic mass is 9.96. The van der Waals surface area contributed by atoms with Crippen LogP contribution in [0.4, 0.5) is 0 Å². The summed E-state index contributed by atoms with van der Waals surface area (Å²) in [6.07, 6.45) is 7.75. The van der Waals surface area contributed by atoms with E-state index in [0.29, 0.717) is 17.5 Å². The summed E-state index contributed by atoms with van der Waals surface area (Å²) in [5.74, 6) is 0.744. The van der Waals surface area contributed by atoms with E-state index in [0.717, 1.165) is 58.4 Å². The van der Waals surface area contributed by atoms with Crippen molar-refractivity contribution < 1.29 is 4.79 Å². The van der Waals surface area contributed by atoms with Gasteiger partial charge in [0.05, 0.1) is 6.33 Å². The van der Waals surface area contributed by atoms with Gasteiger partial charge >= 0.3 is 0 Å². The predicted octanol–water partition coefficient (Wildman–Crippen LogP) is 1.27. The molecule has 2 aliphatic heterocycles. The van der Waals surface area contributed by atoms with E-state index < -0.39 is 0 Å². The summed E-state index contributed by atoms with van der Waals surface area (Å²) in [6, 6.07) is 0.391. The Balaban J connectivity index is 1.50. The molecule has 0 aliphatic carbocycles. The van der Waals surface area contributed by atoms with E-state index in [4.69, 9.17) is 0 Å². The molecule has 1 amide bonds. The zero-order valence-corrected chi connectivity index (χ0v) is 14.8. The van der Waals surface area contributed by atoms with Crippen LogP contribution >= 0.6 is 0 Å². The van der Waals surface area contributed by atoms with Crippen LogP contribution in [-0.4, -0.2) is 57.5 Å². The SMILES string of the molecule is CC(=O)N1CCCC1CN1CCC(Cn2cncc(C)c2=O)CC1. The van der Waals surface area contributed by atoms with Crippen molar-refractivity contribution in [1.29, 1.82) is 0 Å². The maximum Gasteiger partial charge on any atom is 0.256 e. The molecule has 0 saturated carbocycles. The average molecular weight is 332 g/mol. The van der Waals surface area contributed by atoms with Crippen molar-refractivity contribution in [3.05, 3.63) is 28.4 Å².